The fourth-order valence-corrected chi connectivity index (χ4v) is 3.73. The van der Waals surface area contributed by atoms with Crippen LogP contribution in [-0.2, 0) is 15.4 Å². The highest BCUT2D eigenvalue weighted by Crippen LogP contribution is 2.38. The van der Waals surface area contributed by atoms with E-state index in [1.807, 2.05) is 0 Å². The van der Waals surface area contributed by atoms with Crippen molar-refractivity contribution >= 4 is 9.84 Å². The number of terminal acetylenes is 1. The lowest BCUT2D eigenvalue weighted by atomic mass is 9.88. The lowest BCUT2D eigenvalue weighted by molar-refractivity contribution is 0.0334. The zero-order valence-corrected chi connectivity index (χ0v) is 9.50. The van der Waals surface area contributed by atoms with Crippen LogP contribution in [0.2, 0.25) is 0 Å². The van der Waals surface area contributed by atoms with Gasteiger partial charge in [-0.15, -0.1) is 12.3 Å². The van der Waals surface area contributed by atoms with Crippen LogP contribution in [-0.4, -0.2) is 19.3 Å². The smallest absolute Gasteiger partial charge is 0.178 e. The average Bonchev–Trinajstić information content (AvgIpc) is 2.26. The Balaban J connectivity index is 2.65. The summed E-state index contributed by atoms with van der Waals surface area (Å²) in [6.07, 6.45) is 5.51. The summed E-state index contributed by atoms with van der Waals surface area (Å²) in [6.45, 7) is 0. The monoisotopic (exact) mass is 236 g/mol. The third kappa shape index (κ3) is 1.62. The maximum absolute atomic E-state index is 11.8. The molecule has 1 aliphatic heterocycles. The first-order valence-electron chi connectivity index (χ1n) is 4.98. The standard InChI is InChI=1S/C12H12O3S/c1-2-7-12(13)8-9-16(14,15)11-6-4-3-5-10(11)12/h1,3-6,13H,7-9H2. The molecule has 0 saturated carbocycles. The lowest BCUT2D eigenvalue weighted by Crippen LogP contribution is -2.35. The molecule has 0 saturated heterocycles. The highest BCUT2D eigenvalue weighted by atomic mass is 32.2. The first-order chi connectivity index (χ1) is 7.49. The Morgan fingerprint density at radius 3 is 2.81 bits per heavy atom. The molecule has 0 aliphatic carbocycles. The molecule has 1 N–H and O–H groups in total. The molecule has 1 heterocycles. The molecule has 0 fully saturated rings. The van der Waals surface area contributed by atoms with Crippen LogP contribution in [0.25, 0.3) is 0 Å². The fourth-order valence-electron chi connectivity index (χ4n) is 2.02. The number of aliphatic hydroxyl groups is 1. The van der Waals surface area contributed by atoms with Crippen molar-refractivity contribution in [1.82, 2.24) is 0 Å². The van der Waals surface area contributed by atoms with Gasteiger partial charge < -0.3 is 5.11 Å². The van der Waals surface area contributed by atoms with Crippen molar-refractivity contribution in [1.29, 1.82) is 0 Å². The molecule has 3 nitrogen and oxygen atoms in total. The Morgan fingerprint density at radius 1 is 1.44 bits per heavy atom. The van der Waals surface area contributed by atoms with E-state index >= 15 is 0 Å². The fraction of sp³-hybridized carbons (Fsp3) is 0.333. The number of hydrogen-bond donors (Lipinski definition) is 1. The quantitative estimate of drug-likeness (QED) is 0.742. The maximum Gasteiger partial charge on any atom is 0.178 e. The second-order valence-corrected chi connectivity index (χ2v) is 6.06. The number of rotatable bonds is 1. The van der Waals surface area contributed by atoms with Crippen molar-refractivity contribution in [2.75, 3.05) is 5.75 Å². The van der Waals surface area contributed by atoms with Crippen LogP contribution in [0.5, 0.6) is 0 Å². The molecule has 0 radical (unpaired) electrons. The van der Waals surface area contributed by atoms with E-state index in [2.05, 4.69) is 5.92 Å². The van der Waals surface area contributed by atoms with Gasteiger partial charge in [0.1, 0.15) is 5.60 Å². The molecule has 0 bridgehead atoms. The second kappa shape index (κ2) is 3.62. The summed E-state index contributed by atoms with van der Waals surface area (Å²) in [7, 11) is -3.26. The minimum Gasteiger partial charge on any atom is -0.384 e. The van der Waals surface area contributed by atoms with Crippen molar-refractivity contribution in [3.63, 3.8) is 0 Å². The summed E-state index contributed by atoms with van der Waals surface area (Å²) in [4.78, 5) is 0.207. The molecule has 1 aromatic carbocycles. The van der Waals surface area contributed by atoms with Crippen molar-refractivity contribution < 1.29 is 13.5 Å². The second-order valence-electron chi connectivity index (χ2n) is 3.98. The van der Waals surface area contributed by atoms with E-state index in [9.17, 15) is 13.5 Å². The summed E-state index contributed by atoms with van der Waals surface area (Å²) >= 11 is 0. The van der Waals surface area contributed by atoms with Gasteiger partial charge in [-0.05, 0) is 12.5 Å². The Labute approximate surface area is 95.0 Å². The highest BCUT2D eigenvalue weighted by molar-refractivity contribution is 7.91. The van der Waals surface area contributed by atoms with Crippen LogP contribution in [0, 0.1) is 12.3 Å². The first kappa shape index (κ1) is 11.2. The van der Waals surface area contributed by atoms with E-state index in [-0.39, 0.29) is 23.5 Å². The zero-order valence-electron chi connectivity index (χ0n) is 8.68. The number of benzene rings is 1. The number of hydrogen-bond acceptors (Lipinski definition) is 3. The van der Waals surface area contributed by atoms with Gasteiger partial charge in [0.15, 0.2) is 9.84 Å². The van der Waals surface area contributed by atoms with Crippen molar-refractivity contribution in [3.05, 3.63) is 29.8 Å². The molecular formula is C12H12O3S. The van der Waals surface area contributed by atoms with Gasteiger partial charge in [-0.1, -0.05) is 18.2 Å². The minimum atomic E-state index is -3.26. The Hall–Kier alpha value is -1.31. The summed E-state index contributed by atoms with van der Waals surface area (Å²) in [5.74, 6) is 2.35. The SMILES string of the molecule is C#CCC1(O)CCS(=O)(=O)c2ccccc21. The molecule has 16 heavy (non-hydrogen) atoms. The van der Waals surface area contributed by atoms with Crippen molar-refractivity contribution in [3.8, 4) is 12.3 Å². The van der Waals surface area contributed by atoms with E-state index in [0.717, 1.165) is 0 Å². The van der Waals surface area contributed by atoms with Gasteiger partial charge in [-0.2, -0.15) is 0 Å². The van der Waals surface area contributed by atoms with Crippen LogP contribution >= 0.6 is 0 Å². The summed E-state index contributed by atoms with van der Waals surface area (Å²) in [6, 6.07) is 6.51. The minimum absolute atomic E-state index is 0.0534. The molecule has 84 valence electrons. The normalized spacial score (nSPS) is 26.8. The van der Waals surface area contributed by atoms with Gasteiger partial charge in [0.2, 0.25) is 0 Å². The predicted octanol–water partition coefficient (Wildman–Crippen LogP) is 1.07. The Bertz CT molecular complexity index is 554. The first-order valence-corrected chi connectivity index (χ1v) is 6.63. The van der Waals surface area contributed by atoms with E-state index < -0.39 is 15.4 Å². The van der Waals surface area contributed by atoms with E-state index in [0.29, 0.717) is 5.56 Å². The van der Waals surface area contributed by atoms with Gasteiger partial charge in [0, 0.05) is 12.0 Å². The van der Waals surface area contributed by atoms with Crippen LogP contribution in [0.3, 0.4) is 0 Å². The zero-order chi connectivity index (χ0) is 11.8. The van der Waals surface area contributed by atoms with Crippen molar-refractivity contribution in [2.24, 2.45) is 0 Å². The Morgan fingerprint density at radius 2 is 2.12 bits per heavy atom. The maximum atomic E-state index is 11.8. The lowest BCUT2D eigenvalue weighted by Gasteiger charge is -2.32. The highest BCUT2D eigenvalue weighted by Gasteiger charge is 2.39. The molecule has 1 aliphatic rings. The van der Waals surface area contributed by atoms with Crippen molar-refractivity contribution in [2.45, 2.75) is 23.3 Å². The number of sulfone groups is 1. The summed E-state index contributed by atoms with van der Waals surface area (Å²) in [5, 5.41) is 10.3. The van der Waals surface area contributed by atoms with Gasteiger partial charge in [-0.25, -0.2) is 8.42 Å². The number of fused-ring (bicyclic) bond motifs is 1. The third-order valence-electron chi connectivity index (χ3n) is 2.90. The molecule has 2 rings (SSSR count). The largest absolute Gasteiger partial charge is 0.384 e. The molecule has 0 amide bonds. The molecule has 0 spiro atoms. The topological polar surface area (TPSA) is 54.4 Å². The average molecular weight is 236 g/mol. The third-order valence-corrected chi connectivity index (χ3v) is 4.67. The molecule has 4 heteroatoms. The molecular weight excluding hydrogens is 224 g/mol. The predicted molar refractivity (Wildman–Crippen MR) is 60.5 cm³/mol. The van der Waals surface area contributed by atoms with Crippen LogP contribution < -0.4 is 0 Å². The molecule has 0 aromatic heterocycles. The summed E-state index contributed by atoms with van der Waals surface area (Å²) in [5.41, 5.74) is -0.768. The van der Waals surface area contributed by atoms with E-state index in [4.69, 9.17) is 6.42 Å². The molecule has 1 unspecified atom stereocenters. The van der Waals surface area contributed by atoms with E-state index in [1.54, 1.807) is 18.2 Å². The van der Waals surface area contributed by atoms with Gasteiger partial charge in [0.05, 0.1) is 10.6 Å². The van der Waals surface area contributed by atoms with Crippen LogP contribution in [0.15, 0.2) is 29.2 Å². The van der Waals surface area contributed by atoms with Crippen LogP contribution in [0.1, 0.15) is 18.4 Å². The van der Waals surface area contributed by atoms with Gasteiger partial charge in [-0.3, -0.25) is 0 Å². The van der Waals surface area contributed by atoms with Gasteiger partial charge >= 0.3 is 0 Å². The Kier molecular flexibility index (Phi) is 2.53. The van der Waals surface area contributed by atoms with Crippen LogP contribution in [0.4, 0.5) is 0 Å². The molecule has 1 atom stereocenters. The summed E-state index contributed by atoms with van der Waals surface area (Å²) < 4.78 is 23.6. The van der Waals surface area contributed by atoms with Gasteiger partial charge in [0.25, 0.3) is 0 Å². The molecule has 1 aromatic rings. The van der Waals surface area contributed by atoms with E-state index in [1.165, 1.54) is 6.07 Å².